The number of alkyl halides is 3. The highest BCUT2D eigenvalue weighted by Gasteiger charge is 2.43. The summed E-state index contributed by atoms with van der Waals surface area (Å²) < 4.78 is 50.4. The number of aromatic nitrogens is 2. The lowest BCUT2D eigenvalue weighted by Crippen LogP contribution is -2.46. The number of nitrogens with zero attached hydrogens (tertiary/aromatic N) is 2. The normalized spacial score (nSPS) is 14.8. The molecule has 1 aromatic heterocycles. The Morgan fingerprint density at radius 1 is 1.18 bits per heavy atom. The highest BCUT2D eigenvalue weighted by atomic mass is 32.1. The third kappa shape index (κ3) is 4.63. The lowest BCUT2D eigenvalue weighted by Gasteiger charge is -2.31. The first-order valence-electron chi connectivity index (χ1n) is 10.8. The Hall–Kier alpha value is -3.40. The van der Waals surface area contributed by atoms with Gasteiger partial charge in [-0.3, -0.25) is 4.79 Å². The minimum Gasteiger partial charge on any atom is -0.456 e. The van der Waals surface area contributed by atoms with Crippen LogP contribution in [0.4, 0.5) is 13.2 Å². The standard InChI is InChI=1S/C24H22F3N3O3S/c1-3-15(30(4-2)22(31)24(25,26)27)10-12-16-17-7-5-6-8-19(17)32-20-13-14(9-11-18(16)20)21-28-23(34)33-29-21/h5-9,11-13,15H,3-4,10H2,1-2H3,(H,28,29,34)/b16-12-. The van der Waals surface area contributed by atoms with E-state index in [0.717, 1.165) is 21.6 Å². The third-order valence-corrected chi connectivity index (χ3v) is 5.91. The van der Waals surface area contributed by atoms with Crippen molar-refractivity contribution in [1.29, 1.82) is 0 Å². The van der Waals surface area contributed by atoms with Crippen LogP contribution in [0.25, 0.3) is 17.0 Å². The largest absolute Gasteiger partial charge is 0.471 e. The molecule has 4 rings (SSSR count). The Kier molecular flexibility index (Phi) is 6.60. The van der Waals surface area contributed by atoms with E-state index >= 15 is 0 Å². The number of amides is 1. The summed E-state index contributed by atoms with van der Waals surface area (Å²) in [6, 6.07) is 12.3. The van der Waals surface area contributed by atoms with Gasteiger partial charge in [-0.15, -0.1) is 0 Å². The average molecular weight is 490 g/mol. The predicted octanol–water partition coefficient (Wildman–Crippen LogP) is 6.52. The fourth-order valence-electron chi connectivity index (χ4n) is 4.09. The molecule has 0 fully saturated rings. The van der Waals surface area contributed by atoms with Gasteiger partial charge in [-0.2, -0.15) is 18.2 Å². The van der Waals surface area contributed by atoms with Crippen molar-refractivity contribution in [3.05, 3.63) is 64.5 Å². The van der Waals surface area contributed by atoms with Gasteiger partial charge in [0, 0.05) is 29.3 Å². The number of carbonyl (C=O) groups excluding carboxylic acids is 1. The van der Waals surface area contributed by atoms with Crippen LogP contribution in [0.5, 0.6) is 11.5 Å². The number of hydrogen-bond donors (Lipinski definition) is 1. The quantitative estimate of drug-likeness (QED) is 0.313. The second-order valence-electron chi connectivity index (χ2n) is 7.74. The zero-order chi connectivity index (χ0) is 24.5. The number of halogens is 3. The van der Waals surface area contributed by atoms with Crippen molar-refractivity contribution in [2.24, 2.45) is 0 Å². The Balaban J connectivity index is 1.72. The minimum atomic E-state index is -4.91. The van der Waals surface area contributed by atoms with Gasteiger partial charge < -0.3 is 14.2 Å². The maximum Gasteiger partial charge on any atom is 0.471 e. The molecule has 2 aromatic carbocycles. The molecule has 2 heterocycles. The van der Waals surface area contributed by atoms with Crippen LogP contribution < -0.4 is 4.74 Å². The Bertz CT molecular complexity index is 1300. The number of aromatic amines is 1. The monoisotopic (exact) mass is 489 g/mol. The van der Waals surface area contributed by atoms with Gasteiger partial charge in [0.25, 0.3) is 0 Å². The summed E-state index contributed by atoms with van der Waals surface area (Å²) in [5, 5.41) is 2.66. The molecule has 1 N–H and O–H groups in total. The van der Waals surface area contributed by atoms with Gasteiger partial charge in [-0.05, 0) is 55.8 Å². The van der Waals surface area contributed by atoms with Crippen LogP contribution >= 0.6 is 12.2 Å². The molecule has 1 aliphatic heterocycles. The van der Waals surface area contributed by atoms with E-state index in [1.165, 1.54) is 0 Å². The molecule has 0 radical (unpaired) electrons. The zero-order valence-corrected chi connectivity index (χ0v) is 19.3. The van der Waals surface area contributed by atoms with Crippen LogP contribution in [0, 0.1) is 4.84 Å². The number of carbonyl (C=O) groups is 1. The molecule has 0 bridgehead atoms. The van der Waals surface area contributed by atoms with E-state index in [-0.39, 0.29) is 17.8 Å². The molecular weight excluding hydrogens is 467 g/mol. The van der Waals surface area contributed by atoms with E-state index in [1.54, 1.807) is 19.9 Å². The average Bonchev–Trinajstić information content (AvgIpc) is 3.25. The Morgan fingerprint density at radius 2 is 1.91 bits per heavy atom. The molecule has 0 saturated carbocycles. The van der Waals surface area contributed by atoms with Crippen molar-refractivity contribution in [2.45, 2.75) is 38.9 Å². The molecule has 10 heteroatoms. The summed E-state index contributed by atoms with van der Waals surface area (Å²) >= 11 is 4.92. The van der Waals surface area contributed by atoms with Gasteiger partial charge in [-0.1, -0.05) is 37.3 Å². The number of rotatable bonds is 6. The lowest BCUT2D eigenvalue weighted by atomic mass is 9.91. The van der Waals surface area contributed by atoms with Crippen LogP contribution in [0.15, 0.2) is 53.1 Å². The summed E-state index contributed by atoms with van der Waals surface area (Å²) in [5.41, 5.74) is 3.13. The molecule has 34 heavy (non-hydrogen) atoms. The first-order chi connectivity index (χ1) is 16.2. The summed E-state index contributed by atoms with van der Waals surface area (Å²) in [6.07, 6.45) is -2.39. The molecule has 1 amide bonds. The van der Waals surface area contributed by atoms with Gasteiger partial charge in [0.1, 0.15) is 11.5 Å². The van der Waals surface area contributed by atoms with Crippen molar-refractivity contribution >= 4 is 23.7 Å². The number of H-pyrrole nitrogens is 1. The van der Waals surface area contributed by atoms with E-state index in [9.17, 15) is 18.0 Å². The van der Waals surface area contributed by atoms with Gasteiger partial charge in [-0.25, -0.2) is 5.16 Å². The second kappa shape index (κ2) is 9.46. The number of hydrogen-bond acceptors (Lipinski definition) is 5. The maximum absolute atomic E-state index is 13.1. The van der Waals surface area contributed by atoms with Crippen LogP contribution in [-0.4, -0.2) is 39.7 Å². The number of benzene rings is 2. The van der Waals surface area contributed by atoms with Crippen LogP contribution in [0.1, 0.15) is 37.8 Å². The molecule has 178 valence electrons. The van der Waals surface area contributed by atoms with E-state index < -0.39 is 18.1 Å². The highest BCUT2D eigenvalue weighted by Crippen LogP contribution is 2.45. The van der Waals surface area contributed by atoms with Gasteiger partial charge >= 0.3 is 16.9 Å². The molecule has 0 saturated heterocycles. The van der Waals surface area contributed by atoms with Gasteiger partial charge in [0.05, 0.1) is 0 Å². The smallest absolute Gasteiger partial charge is 0.456 e. The minimum absolute atomic E-state index is 0.0291. The number of nitrogens with one attached hydrogen (secondary N) is 1. The lowest BCUT2D eigenvalue weighted by molar-refractivity contribution is -0.187. The highest BCUT2D eigenvalue weighted by molar-refractivity contribution is 7.71. The summed E-state index contributed by atoms with van der Waals surface area (Å²) in [6.45, 7) is 3.30. The number of ether oxygens (including phenoxy) is 1. The molecule has 0 spiro atoms. The summed E-state index contributed by atoms with van der Waals surface area (Å²) in [5.74, 6) is -0.173. The van der Waals surface area contributed by atoms with Gasteiger partial charge in [0.2, 0.25) is 0 Å². The molecular formula is C24H22F3N3O3S. The van der Waals surface area contributed by atoms with E-state index in [1.807, 2.05) is 42.5 Å². The number of fused-ring (bicyclic) bond motifs is 2. The molecule has 0 aliphatic carbocycles. The van der Waals surface area contributed by atoms with Crippen LogP contribution in [0.3, 0.4) is 0 Å². The predicted molar refractivity (Wildman–Crippen MR) is 123 cm³/mol. The summed E-state index contributed by atoms with van der Waals surface area (Å²) in [7, 11) is 0. The molecule has 6 nitrogen and oxygen atoms in total. The summed E-state index contributed by atoms with van der Waals surface area (Å²) in [4.78, 5) is 17.0. The molecule has 1 aliphatic rings. The van der Waals surface area contributed by atoms with Crippen molar-refractivity contribution in [3.8, 4) is 22.9 Å². The zero-order valence-electron chi connectivity index (χ0n) is 18.5. The van der Waals surface area contributed by atoms with Crippen molar-refractivity contribution in [3.63, 3.8) is 0 Å². The maximum atomic E-state index is 13.1. The fourth-order valence-corrected chi connectivity index (χ4v) is 4.22. The Labute approximate surface area is 199 Å². The third-order valence-electron chi connectivity index (χ3n) is 5.73. The second-order valence-corrected chi connectivity index (χ2v) is 8.09. The van der Waals surface area contributed by atoms with Crippen LogP contribution in [-0.2, 0) is 4.79 Å². The Morgan fingerprint density at radius 3 is 2.56 bits per heavy atom. The number of para-hydroxylation sites is 1. The molecule has 3 aromatic rings. The van der Waals surface area contributed by atoms with Crippen LogP contribution in [0.2, 0.25) is 0 Å². The first-order valence-corrected chi connectivity index (χ1v) is 11.2. The molecule has 1 atom stereocenters. The van der Waals surface area contributed by atoms with E-state index in [0.29, 0.717) is 29.3 Å². The first kappa shape index (κ1) is 23.7. The topological polar surface area (TPSA) is 71.4 Å². The van der Waals surface area contributed by atoms with Crippen molar-refractivity contribution in [1.82, 2.24) is 15.0 Å². The van der Waals surface area contributed by atoms with E-state index in [2.05, 4.69) is 10.1 Å². The van der Waals surface area contributed by atoms with Crippen molar-refractivity contribution < 1.29 is 27.2 Å². The SMILES string of the molecule is CCC(C/C=C1/c2ccccc2Oc2cc(-c3nc(=S)o[nH]3)ccc21)N(CC)C(=O)C(F)(F)F. The van der Waals surface area contributed by atoms with E-state index in [4.69, 9.17) is 21.5 Å². The fraction of sp³-hybridized carbons (Fsp3) is 0.292. The van der Waals surface area contributed by atoms with Gasteiger partial charge in [0.15, 0.2) is 5.82 Å². The van der Waals surface area contributed by atoms with Crippen molar-refractivity contribution in [2.75, 3.05) is 6.54 Å². The molecule has 1 unspecified atom stereocenters.